The largest absolute Gasteiger partial charge is 0.207 e. The molecule has 0 nitrogen and oxygen atoms in total. The second kappa shape index (κ2) is 5.53. The van der Waals surface area contributed by atoms with Crippen molar-refractivity contribution in [2.45, 2.75) is 50.7 Å². The molecule has 0 aromatic heterocycles. The highest BCUT2D eigenvalue weighted by atomic mass is 35.5. The molecule has 0 radical (unpaired) electrons. The lowest BCUT2D eigenvalue weighted by molar-refractivity contribution is 0.574. The van der Waals surface area contributed by atoms with Crippen LogP contribution in [-0.4, -0.2) is 8.80 Å². The maximum Gasteiger partial charge on any atom is 0.128 e. The minimum atomic E-state index is -0.629. The van der Waals surface area contributed by atoms with Crippen molar-refractivity contribution in [3.63, 3.8) is 0 Å². The third kappa shape index (κ3) is 2.74. The van der Waals surface area contributed by atoms with Crippen LogP contribution < -0.4 is 0 Å². The van der Waals surface area contributed by atoms with E-state index in [9.17, 15) is 4.39 Å². The maximum absolute atomic E-state index is 13.8. The summed E-state index contributed by atoms with van der Waals surface area (Å²) in [5, 5.41) is 0.549. The fourth-order valence-electron chi connectivity index (χ4n) is 3.19. The topological polar surface area (TPSA) is 0 Å². The van der Waals surface area contributed by atoms with E-state index in [4.69, 9.17) is 11.6 Å². The Hall–Kier alpha value is -0.343. The predicted molar refractivity (Wildman–Crippen MR) is 75.3 cm³/mol. The Labute approximate surface area is 110 Å². The molecule has 1 aromatic carbocycles. The molecule has 2 rings (SSSR count). The first-order valence-electron chi connectivity index (χ1n) is 6.62. The zero-order valence-electron chi connectivity index (χ0n) is 10.6. The molecule has 0 bridgehead atoms. The summed E-state index contributed by atoms with van der Waals surface area (Å²) >= 11 is 5.95. The van der Waals surface area contributed by atoms with Crippen LogP contribution in [0.1, 0.15) is 31.4 Å². The van der Waals surface area contributed by atoms with E-state index in [1.54, 1.807) is 0 Å². The van der Waals surface area contributed by atoms with E-state index in [0.717, 1.165) is 23.9 Å². The molecule has 3 heteroatoms. The maximum atomic E-state index is 13.8. The Morgan fingerprint density at radius 1 is 1.35 bits per heavy atom. The third-order valence-electron chi connectivity index (χ3n) is 4.22. The second-order valence-electron chi connectivity index (χ2n) is 5.10. The van der Waals surface area contributed by atoms with Crippen molar-refractivity contribution in [2.75, 3.05) is 0 Å². The number of halogens is 2. The number of hydrogen-bond donors (Lipinski definition) is 0. The van der Waals surface area contributed by atoms with Crippen molar-refractivity contribution in [3.05, 3.63) is 34.1 Å². The highest BCUT2D eigenvalue weighted by Gasteiger charge is 2.26. The third-order valence-corrected chi connectivity index (χ3v) is 8.43. The highest BCUT2D eigenvalue weighted by Crippen LogP contribution is 2.36. The molecular weight excluding hydrogens is 251 g/mol. The summed E-state index contributed by atoms with van der Waals surface area (Å²) in [6.07, 6.45) is 3.15. The van der Waals surface area contributed by atoms with Crippen LogP contribution >= 0.6 is 11.6 Å². The van der Waals surface area contributed by atoms with E-state index in [1.807, 2.05) is 6.07 Å². The number of hydrogen-bond acceptors (Lipinski definition) is 0. The molecule has 0 fully saturated rings. The van der Waals surface area contributed by atoms with Crippen LogP contribution in [-0.2, 0) is 12.8 Å². The summed E-state index contributed by atoms with van der Waals surface area (Å²) in [7, 11) is -0.629. The lowest BCUT2D eigenvalue weighted by Crippen LogP contribution is -2.25. The van der Waals surface area contributed by atoms with E-state index in [2.05, 4.69) is 13.8 Å². The number of fused-ring (bicyclic) bond motifs is 1. The fourth-order valence-corrected chi connectivity index (χ4v) is 6.55. The van der Waals surface area contributed by atoms with Gasteiger partial charge in [-0.2, -0.15) is 0 Å². The van der Waals surface area contributed by atoms with Crippen molar-refractivity contribution in [1.82, 2.24) is 0 Å². The summed E-state index contributed by atoms with van der Waals surface area (Å²) in [5.74, 6) is -0.0998. The molecule has 0 saturated carbocycles. The van der Waals surface area contributed by atoms with Crippen LogP contribution in [0.5, 0.6) is 0 Å². The molecule has 17 heavy (non-hydrogen) atoms. The normalized spacial score (nSPS) is 19.5. The molecule has 0 unspecified atom stereocenters. The van der Waals surface area contributed by atoms with Crippen molar-refractivity contribution >= 4 is 20.4 Å². The van der Waals surface area contributed by atoms with E-state index >= 15 is 0 Å². The summed E-state index contributed by atoms with van der Waals surface area (Å²) in [6.45, 7) is 4.63. The fraction of sp³-hybridized carbons (Fsp3) is 0.571. The monoisotopic (exact) mass is 270 g/mol. The zero-order chi connectivity index (χ0) is 12.4. The lowest BCUT2D eigenvalue weighted by atomic mass is 9.91. The van der Waals surface area contributed by atoms with Gasteiger partial charge >= 0.3 is 0 Å². The first kappa shape index (κ1) is 13.1. The van der Waals surface area contributed by atoms with Gasteiger partial charge in [-0.05, 0) is 48.1 Å². The lowest BCUT2D eigenvalue weighted by Gasteiger charge is -2.30. The molecule has 0 aliphatic heterocycles. The molecule has 0 saturated heterocycles. The van der Waals surface area contributed by atoms with Crippen LogP contribution in [0.15, 0.2) is 12.1 Å². The average molecular weight is 271 g/mol. The highest BCUT2D eigenvalue weighted by molar-refractivity contribution is 6.60. The molecule has 0 N–H and O–H groups in total. The molecule has 94 valence electrons. The standard InChI is InChI=1S/C14H20ClFSi/c1-3-17(4-2)12-5-6-13-10(8-12)7-11(15)9-14(13)16/h7,9,12,17H,3-6,8H2,1-2H3/t12-/m0/s1. The number of benzene rings is 1. The van der Waals surface area contributed by atoms with Crippen molar-refractivity contribution in [3.8, 4) is 0 Å². The average Bonchev–Trinajstić information content (AvgIpc) is 2.30. The molecule has 1 aliphatic rings. The zero-order valence-corrected chi connectivity index (χ0v) is 12.5. The quantitative estimate of drug-likeness (QED) is 0.704. The molecular formula is C14H20ClFSi. The van der Waals surface area contributed by atoms with Gasteiger partial charge in [-0.25, -0.2) is 4.39 Å². The Morgan fingerprint density at radius 3 is 2.71 bits per heavy atom. The SMILES string of the molecule is CC[SiH](CC)[C@H]1CCc2c(F)cc(Cl)cc2C1. The summed E-state index contributed by atoms with van der Waals surface area (Å²) in [4.78, 5) is 0. The van der Waals surface area contributed by atoms with Crippen LogP contribution in [0.3, 0.4) is 0 Å². The molecule has 0 amide bonds. The molecule has 1 atom stereocenters. The Kier molecular flexibility index (Phi) is 4.26. The van der Waals surface area contributed by atoms with Gasteiger partial charge in [0, 0.05) is 13.8 Å². The molecule has 0 spiro atoms. The van der Waals surface area contributed by atoms with Gasteiger partial charge in [-0.3, -0.25) is 0 Å². The first-order valence-corrected chi connectivity index (χ1v) is 9.30. The van der Waals surface area contributed by atoms with E-state index in [1.165, 1.54) is 30.1 Å². The van der Waals surface area contributed by atoms with Gasteiger partial charge in [0.25, 0.3) is 0 Å². The molecule has 1 aliphatic carbocycles. The Balaban J connectivity index is 2.23. The van der Waals surface area contributed by atoms with Gasteiger partial charge in [0.05, 0.1) is 0 Å². The van der Waals surface area contributed by atoms with Crippen molar-refractivity contribution < 1.29 is 4.39 Å². The minimum absolute atomic E-state index is 0.0998. The Morgan fingerprint density at radius 2 is 2.06 bits per heavy atom. The van der Waals surface area contributed by atoms with E-state index in [0.29, 0.717) is 5.02 Å². The van der Waals surface area contributed by atoms with Crippen LogP contribution in [0, 0.1) is 5.82 Å². The summed E-state index contributed by atoms with van der Waals surface area (Å²) in [6, 6.07) is 6.15. The van der Waals surface area contributed by atoms with Gasteiger partial charge in [0.2, 0.25) is 0 Å². The molecule has 1 aromatic rings. The van der Waals surface area contributed by atoms with Crippen LogP contribution in [0.4, 0.5) is 4.39 Å². The van der Waals surface area contributed by atoms with Crippen molar-refractivity contribution in [2.24, 2.45) is 0 Å². The minimum Gasteiger partial charge on any atom is -0.207 e. The van der Waals surface area contributed by atoms with Gasteiger partial charge in [-0.1, -0.05) is 37.5 Å². The van der Waals surface area contributed by atoms with E-state index in [-0.39, 0.29) is 5.82 Å². The van der Waals surface area contributed by atoms with Crippen LogP contribution in [0.25, 0.3) is 0 Å². The van der Waals surface area contributed by atoms with Crippen molar-refractivity contribution in [1.29, 1.82) is 0 Å². The summed E-state index contributed by atoms with van der Waals surface area (Å²) in [5.41, 5.74) is 2.94. The van der Waals surface area contributed by atoms with Gasteiger partial charge in [0.15, 0.2) is 0 Å². The number of rotatable bonds is 3. The van der Waals surface area contributed by atoms with Gasteiger partial charge in [-0.15, -0.1) is 0 Å². The van der Waals surface area contributed by atoms with Gasteiger partial charge < -0.3 is 0 Å². The summed E-state index contributed by atoms with van der Waals surface area (Å²) < 4.78 is 13.8. The molecule has 0 heterocycles. The second-order valence-corrected chi connectivity index (χ2v) is 9.64. The van der Waals surface area contributed by atoms with E-state index < -0.39 is 8.80 Å². The Bertz CT molecular complexity index is 401. The predicted octanol–water partition coefficient (Wildman–Crippen LogP) is 4.60. The smallest absolute Gasteiger partial charge is 0.128 e. The van der Waals surface area contributed by atoms with Crippen LogP contribution in [0.2, 0.25) is 22.7 Å². The van der Waals surface area contributed by atoms with Gasteiger partial charge in [0.1, 0.15) is 5.82 Å². The first-order chi connectivity index (χ1) is 8.15.